The van der Waals surface area contributed by atoms with Gasteiger partial charge in [-0.05, 0) is 24.3 Å². The van der Waals surface area contributed by atoms with E-state index in [1.54, 1.807) is 31.1 Å². The smallest absolute Gasteiger partial charge is 0.265 e. The Morgan fingerprint density at radius 2 is 1.48 bits per heavy atom. The highest BCUT2D eigenvalue weighted by Gasteiger charge is 2.27. The molecule has 2 aromatic rings. The number of benzene rings is 2. The molecule has 2 rings (SSSR count). The summed E-state index contributed by atoms with van der Waals surface area (Å²) >= 11 is 0. The van der Waals surface area contributed by atoms with E-state index in [9.17, 15) is 26.0 Å². The Morgan fingerprint density at radius 1 is 0.913 bits per heavy atom. The number of hydrogen-bond acceptors (Lipinski definition) is 3. The number of nitrogens with zero attached hydrogens (tertiary/aromatic N) is 1. The van der Waals surface area contributed by atoms with Crippen molar-refractivity contribution in [2.75, 3.05) is 23.7 Å². The van der Waals surface area contributed by atoms with Crippen molar-refractivity contribution in [1.29, 1.82) is 0 Å². The molecule has 0 amide bonds. The van der Waals surface area contributed by atoms with Crippen LogP contribution in [0.4, 0.5) is 28.9 Å². The van der Waals surface area contributed by atoms with Crippen LogP contribution in [0.25, 0.3) is 0 Å². The lowest BCUT2D eigenvalue weighted by Gasteiger charge is -2.14. The normalized spacial score (nSPS) is 11.4. The highest BCUT2D eigenvalue weighted by molar-refractivity contribution is 7.92. The summed E-state index contributed by atoms with van der Waals surface area (Å²) in [4.78, 5) is 0.452. The van der Waals surface area contributed by atoms with E-state index in [-0.39, 0.29) is 11.8 Å². The van der Waals surface area contributed by atoms with Crippen molar-refractivity contribution < 1.29 is 26.0 Å². The van der Waals surface area contributed by atoms with Crippen molar-refractivity contribution in [1.82, 2.24) is 0 Å². The van der Waals surface area contributed by atoms with Crippen LogP contribution >= 0.6 is 0 Å². The average Bonchev–Trinajstić information content (AvgIpc) is 2.48. The van der Waals surface area contributed by atoms with Crippen LogP contribution in [0.2, 0.25) is 0 Å². The van der Waals surface area contributed by atoms with Gasteiger partial charge in [-0.15, -0.1) is 0 Å². The van der Waals surface area contributed by atoms with Gasteiger partial charge in [0.05, 0.1) is 0 Å². The summed E-state index contributed by atoms with van der Waals surface area (Å²) < 4.78 is 78.9. The minimum Gasteiger partial charge on any atom is -0.378 e. The number of sulfonamides is 1. The number of anilines is 2. The molecule has 0 atom stereocenters. The lowest BCUT2D eigenvalue weighted by Crippen LogP contribution is -2.17. The van der Waals surface area contributed by atoms with Gasteiger partial charge < -0.3 is 4.90 Å². The molecule has 0 aliphatic rings. The zero-order chi connectivity index (χ0) is 17.4. The van der Waals surface area contributed by atoms with E-state index >= 15 is 0 Å². The van der Waals surface area contributed by atoms with Gasteiger partial charge in [0.1, 0.15) is 4.90 Å². The summed E-state index contributed by atoms with van der Waals surface area (Å²) in [6.45, 7) is 0. The van der Waals surface area contributed by atoms with E-state index in [4.69, 9.17) is 0 Å². The molecule has 1 N–H and O–H groups in total. The van der Waals surface area contributed by atoms with Crippen LogP contribution < -0.4 is 9.62 Å². The van der Waals surface area contributed by atoms with Crippen LogP contribution in [-0.2, 0) is 10.0 Å². The topological polar surface area (TPSA) is 49.4 Å². The van der Waals surface area contributed by atoms with Gasteiger partial charge in [0.25, 0.3) is 10.0 Å². The molecule has 0 aliphatic heterocycles. The Bertz CT molecular complexity index is 837. The Balaban J connectivity index is 2.40. The molecule has 0 unspecified atom stereocenters. The van der Waals surface area contributed by atoms with Crippen molar-refractivity contribution in [3.8, 4) is 0 Å². The molecule has 23 heavy (non-hydrogen) atoms. The first kappa shape index (κ1) is 17.1. The monoisotopic (exact) mass is 348 g/mol. The van der Waals surface area contributed by atoms with Crippen molar-refractivity contribution >= 4 is 21.4 Å². The number of halogens is 4. The first-order valence-corrected chi connectivity index (χ1v) is 7.75. The Hall–Kier alpha value is -2.29. The van der Waals surface area contributed by atoms with Crippen LogP contribution in [0.1, 0.15) is 0 Å². The van der Waals surface area contributed by atoms with E-state index in [2.05, 4.69) is 0 Å². The summed E-state index contributed by atoms with van der Waals surface area (Å²) in [7, 11) is -1.07. The average molecular weight is 348 g/mol. The maximum Gasteiger partial charge on any atom is 0.265 e. The molecule has 4 nitrogen and oxygen atoms in total. The van der Waals surface area contributed by atoms with Gasteiger partial charge in [0.2, 0.25) is 0 Å². The van der Waals surface area contributed by atoms with Crippen LogP contribution in [0, 0.1) is 23.3 Å². The molecule has 0 heterocycles. The molecule has 0 spiro atoms. The standard InChI is InChI=1S/C14H12F4N2O2S/c1-20(2)9-5-3-8(4-6-9)19-23(21,22)11-7-10(15)12(16)14(18)13(11)17/h3-7,19H,1-2H3. The SMILES string of the molecule is CN(C)c1ccc(NS(=O)(=O)c2cc(F)c(F)c(F)c2F)cc1. The fourth-order valence-electron chi connectivity index (χ4n) is 1.78. The summed E-state index contributed by atoms with van der Waals surface area (Å²) in [5.74, 6) is -8.04. The molecule has 0 radical (unpaired) electrons. The molecule has 0 saturated carbocycles. The second-order valence-electron chi connectivity index (χ2n) is 4.85. The van der Waals surface area contributed by atoms with E-state index in [1.807, 2.05) is 4.72 Å². The molecule has 124 valence electrons. The molecular formula is C14H12F4N2O2S. The summed E-state index contributed by atoms with van der Waals surface area (Å²) in [5.41, 5.74) is 0.832. The van der Waals surface area contributed by atoms with Crippen molar-refractivity contribution in [3.05, 3.63) is 53.6 Å². The molecule has 0 fully saturated rings. The summed E-state index contributed by atoms with van der Waals surface area (Å²) in [6.07, 6.45) is 0. The van der Waals surface area contributed by atoms with E-state index < -0.39 is 38.2 Å². The minimum atomic E-state index is -4.62. The first-order chi connectivity index (χ1) is 10.6. The molecule has 0 aromatic heterocycles. The molecule has 0 aliphatic carbocycles. The van der Waals surface area contributed by atoms with Crippen LogP contribution in [0.5, 0.6) is 0 Å². The predicted molar refractivity (Wildman–Crippen MR) is 77.9 cm³/mol. The molecule has 0 saturated heterocycles. The van der Waals surface area contributed by atoms with Gasteiger partial charge >= 0.3 is 0 Å². The third-order valence-corrected chi connectivity index (χ3v) is 4.38. The maximum atomic E-state index is 13.6. The molecule has 9 heteroatoms. The third kappa shape index (κ3) is 3.39. The third-order valence-electron chi connectivity index (χ3n) is 2.99. The van der Waals surface area contributed by atoms with Gasteiger partial charge in [0.15, 0.2) is 23.3 Å². The van der Waals surface area contributed by atoms with Gasteiger partial charge in [-0.2, -0.15) is 0 Å². The second-order valence-corrected chi connectivity index (χ2v) is 6.50. The van der Waals surface area contributed by atoms with E-state index in [1.165, 1.54) is 12.1 Å². The lowest BCUT2D eigenvalue weighted by molar-refractivity contribution is 0.396. The summed E-state index contributed by atoms with van der Waals surface area (Å²) in [5, 5.41) is 0. The molecule has 0 bridgehead atoms. The lowest BCUT2D eigenvalue weighted by atomic mass is 10.3. The van der Waals surface area contributed by atoms with Crippen LogP contribution in [0.3, 0.4) is 0 Å². The number of nitrogens with one attached hydrogen (secondary N) is 1. The fourth-order valence-corrected chi connectivity index (χ4v) is 2.92. The van der Waals surface area contributed by atoms with Gasteiger partial charge in [-0.3, -0.25) is 4.72 Å². The van der Waals surface area contributed by atoms with Crippen molar-refractivity contribution in [2.24, 2.45) is 0 Å². The van der Waals surface area contributed by atoms with E-state index in [0.29, 0.717) is 0 Å². The van der Waals surface area contributed by atoms with Gasteiger partial charge in [-0.25, -0.2) is 26.0 Å². The predicted octanol–water partition coefficient (Wildman–Crippen LogP) is 3.11. The second kappa shape index (κ2) is 6.07. The minimum absolute atomic E-state index is 0.0557. The fraction of sp³-hybridized carbons (Fsp3) is 0.143. The largest absolute Gasteiger partial charge is 0.378 e. The number of hydrogen-bond donors (Lipinski definition) is 1. The summed E-state index contributed by atoms with van der Waals surface area (Å²) in [6, 6.07) is 6.03. The quantitative estimate of drug-likeness (QED) is 0.525. The molecular weight excluding hydrogens is 336 g/mol. The Morgan fingerprint density at radius 3 is 2.00 bits per heavy atom. The van der Waals surface area contributed by atoms with Crippen LogP contribution in [0.15, 0.2) is 35.2 Å². The Labute approximate surface area is 130 Å². The number of rotatable bonds is 4. The first-order valence-electron chi connectivity index (χ1n) is 6.26. The maximum absolute atomic E-state index is 13.6. The van der Waals surface area contributed by atoms with E-state index in [0.717, 1.165) is 5.69 Å². The van der Waals surface area contributed by atoms with Crippen LogP contribution in [-0.4, -0.2) is 22.5 Å². The zero-order valence-corrected chi connectivity index (χ0v) is 12.9. The zero-order valence-electron chi connectivity index (χ0n) is 12.1. The highest BCUT2D eigenvalue weighted by Crippen LogP contribution is 2.25. The van der Waals surface area contributed by atoms with Gasteiger partial charge in [-0.1, -0.05) is 0 Å². The Kier molecular flexibility index (Phi) is 4.51. The van der Waals surface area contributed by atoms with Gasteiger partial charge in [0, 0.05) is 31.5 Å². The highest BCUT2D eigenvalue weighted by atomic mass is 32.2. The van der Waals surface area contributed by atoms with Crippen molar-refractivity contribution in [3.63, 3.8) is 0 Å². The molecule has 2 aromatic carbocycles. The van der Waals surface area contributed by atoms with Crippen molar-refractivity contribution in [2.45, 2.75) is 4.90 Å².